The van der Waals surface area contributed by atoms with Gasteiger partial charge in [0.05, 0.1) is 13.2 Å². The molecule has 0 amide bonds. The maximum atomic E-state index is 5.62. The van der Waals surface area contributed by atoms with Gasteiger partial charge in [-0.2, -0.15) is 11.8 Å². The molecule has 2 rings (SSSR count). The fourth-order valence-corrected chi connectivity index (χ4v) is 3.24. The van der Waals surface area contributed by atoms with Gasteiger partial charge >= 0.3 is 0 Å². The van der Waals surface area contributed by atoms with Crippen LogP contribution in [0.1, 0.15) is 12.0 Å². The maximum Gasteiger partial charge on any atom is 0.0717 e. The van der Waals surface area contributed by atoms with Crippen LogP contribution in [0.3, 0.4) is 0 Å². The number of ether oxygens (including phenoxy) is 1. The molecular weight excluding hydrogens is 230 g/mol. The van der Waals surface area contributed by atoms with Gasteiger partial charge in [0.25, 0.3) is 0 Å². The fraction of sp³-hybridized carbons (Fsp3) is 0.571. The standard InChI is InChI=1S/C14H21NOS/c1-2-4-13(5-3-1)11-16-8-7-15-10-14-6-9-17-12-14/h1-5,14-15H,6-12H2. The van der Waals surface area contributed by atoms with Crippen molar-refractivity contribution in [2.75, 3.05) is 31.2 Å². The van der Waals surface area contributed by atoms with Crippen molar-refractivity contribution >= 4 is 11.8 Å². The molecule has 0 saturated carbocycles. The van der Waals surface area contributed by atoms with Crippen LogP contribution in [-0.2, 0) is 11.3 Å². The number of hydrogen-bond donors (Lipinski definition) is 1. The van der Waals surface area contributed by atoms with E-state index in [1.54, 1.807) is 0 Å². The summed E-state index contributed by atoms with van der Waals surface area (Å²) in [5.41, 5.74) is 1.25. The van der Waals surface area contributed by atoms with Crippen molar-refractivity contribution in [3.63, 3.8) is 0 Å². The van der Waals surface area contributed by atoms with E-state index < -0.39 is 0 Å². The van der Waals surface area contributed by atoms with E-state index in [9.17, 15) is 0 Å². The molecule has 1 saturated heterocycles. The quantitative estimate of drug-likeness (QED) is 0.753. The van der Waals surface area contributed by atoms with Crippen molar-refractivity contribution in [2.45, 2.75) is 13.0 Å². The zero-order valence-electron chi connectivity index (χ0n) is 10.2. The second-order valence-corrected chi connectivity index (χ2v) is 5.62. The first kappa shape index (κ1) is 12.9. The van der Waals surface area contributed by atoms with Gasteiger partial charge in [-0.05, 0) is 36.0 Å². The van der Waals surface area contributed by atoms with Gasteiger partial charge in [0, 0.05) is 6.54 Å². The lowest BCUT2D eigenvalue weighted by molar-refractivity contribution is 0.122. The number of rotatable bonds is 7. The highest BCUT2D eigenvalue weighted by molar-refractivity contribution is 7.99. The van der Waals surface area contributed by atoms with E-state index in [1.807, 2.05) is 6.07 Å². The lowest BCUT2D eigenvalue weighted by atomic mass is 10.1. The summed E-state index contributed by atoms with van der Waals surface area (Å²) >= 11 is 2.08. The second kappa shape index (κ2) is 7.75. The van der Waals surface area contributed by atoms with Crippen molar-refractivity contribution in [1.82, 2.24) is 5.32 Å². The third-order valence-electron chi connectivity index (χ3n) is 2.99. The summed E-state index contributed by atoms with van der Waals surface area (Å²) in [6.45, 7) is 3.65. The number of benzene rings is 1. The molecule has 17 heavy (non-hydrogen) atoms. The number of nitrogens with one attached hydrogen (secondary N) is 1. The summed E-state index contributed by atoms with van der Waals surface area (Å²) in [6, 6.07) is 10.3. The van der Waals surface area contributed by atoms with Crippen LogP contribution in [0.4, 0.5) is 0 Å². The fourth-order valence-electron chi connectivity index (χ4n) is 1.96. The molecule has 1 unspecified atom stereocenters. The van der Waals surface area contributed by atoms with Crippen LogP contribution in [0.25, 0.3) is 0 Å². The molecule has 0 spiro atoms. The smallest absolute Gasteiger partial charge is 0.0717 e. The topological polar surface area (TPSA) is 21.3 Å². The van der Waals surface area contributed by atoms with Crippen LogP contribution in [0.2, 0.25) is 0 Å². The lowest BCUT2D eigenvalue weighted by Gasteiger charge is -2.10. The minimum Gasteiger partial charge on any atom is -0.375 e. The van der Waals surface area contributed by atoms with Gasteiger partial charge in [-0.15, -0.1) is 0 Å². The Morgan fingerprint density at radius 2 is 2.18 bits per heavy atom. The minimum atomic E-state index is 0.724. The molecule has 1 heterocycles. The van der Waals surface area contributed by atoms with Gasteiger partial charge in [0.2, 0.25) is 0 Å². The Morgan fingerprint density at radius 1 is 1.29 bits per heavy atom. The first-order chi connectivity index (χ1) is 8.45. The van der Waals surface area contributed by atoms with Crippen molar-refractivity contribution in [3.05, 3.63) is 35.9 Å². The summed E-state index contributed by atoms with van der Waals surface area (Å²) in [4.78, 5) is 0. The zero-order chi connectivity index (χ0) is 11.8. The summed E-state index contributed by atoms with van der Waals surface area (Å²) in [6.07, 6.45) is 1.38. The maximum absolute atomic E-state index is 5.62. The summed E-state index contributed by atoms with van der Waals surface area (Å²) in [7, 11) is 0. The summed E-state index contributed by atoms with van der Waals surface area (Å²) in [5, 5.41) is 3.48. The molecule has 1 aromatic rings. The molecule has 1 fully saturated rings. The highest BCUT2D eigenvalue weighted by Crippen LogP contribution is 2.22. The molecule has 0 bridgehead atoms. The Labute approximate surface area is 108 Å². The van der Waals surface area contributed by atoms with Crippen LogP contribution in [0.15, 0.2) is 30.3 Å². The molecule has 1 aliphatic heterocycles. The van der Waals surface area contributed by atoms with Gasteiger partial charge in [-0.3, -0.25) is 0 Å². The lowest BCUT2D eigenvalue weighted by Crippen LogP contribution is -2.26. The molecule has 0 aliphatic carbocycles. The first-order valence-corrected chi connectivity index (χ1v) is 7.51. The SMILES string of the molecule is c1ccc(COCCNCC2CCSC2)cc1. The molecule has 0 radical (unpaired) electrons. The predicted molar refractivity (Wildman–Crippen MR) is 74.4 cm³/mol. The Bertz CT molecular complexity index is 298. The van der Waals surface area contributed by atoms with Crippen molar-refractivity contribution in [3.8, 4) is 0 Å². The third-order valence-corrected chi connectivity index (χ3v) is 4.22. The zero-order valence-corrected chi connectivity index (χ0v) is 11.0. The molecule has 1 N–H and O–H groups in total. The highest BCUT2D eigenvalue weighted by atomic mass is 32.2. The predicted octanol–water partition coefficient (Wildman–Crippen LogP) is 2.55. The van der Waals surface area contributed by atoms with E-state index in [2.05, 4.69) is 41.3 Å². The van der Waals surface area contributed by atoms with Crippen LogP contribution in [-0.4, -0.2) is 31.2 Å². The average Bonchev–Trinajstić information content (AvgIpc) is 2.88. The molecule has 1 aliphatic rings. The van der Waals surface area contributed by atoms with Gasteiger partial charge in [0.15, 0.2) is 0 Å². The molecule has 1 aromatic carbocycles. The molecule has 2 nitrogen and oxygen atoms in total. The van der Waals surface area contributed by atoms with E-state index >= 15 is 0 Å². The molecule has 3 heteroatoms. The first-order valence-electron chi connectivity index (χ1n) is 6.35. The summed E-state index contributed by atoms with van der Waals surface area (Å²) < 4.78 is 5.62. The monoisotopic (exact) mass is 251 g/mol. The van der Waals surface area contributed by atoms with Gasteiger partial charge in [-0.25, -0.2) is 0 Å². The highest BCUT2D eigenvalue weighted by Gasteiger charge is 2.14. The Kier molecular flexibility index (Phi) is 5.89. The Morgan fingerprint density at radius 3 is 2.94 bits per heavy atom. The Hall–Kier alpha value is -0.510. The second-order valence-electron chi connectivity index (χ2n) is 4.47. The van der Waals surface area contributed by atoms with E-state index in [0.29, 0.717) is 0 Å². The van der Waals surface area contributed by atoms with Gasteiger partial charge in [0.1, 0.15) is 0 Å². The largest absolute Gasteiger partial charge is 0.375 e. The number of hydrogen-bond acceptors (Lipinski definition) is 3. The van der Waals surface area contributed by atoms with Crippen LogP contribution in [0, 0.1) is 5.92 Å². The van der Waals surface area contributed by atoms with Crippen molar-refractivity contribution < 1.29 is 4.74 Å². The third kappa shape index (κ3) is 5.11. The van der Waals surface area contributed by atoms with Crippen molar-refractivity contribution in [1.29, 1.82) is 0 Å². The van der Waals surface area contributed by atoms with E-state index in [1.165, 1.54) is 23.5 Å². The van der Waals surface area contributed by atoms with Gasteiger partial charge in [-0.1, -0.05) is 30.3 Å². The Balaban J connectivity index is 1.46. The van der Waals surface area contributed by atoms with Crippen LogP contribution in [0.5, 0.6) is 0 Å². The van der Waals surface area contributed by atoms with Crippen molar-refractivity contribution in [2.24, 2.45) is 5.92 Å². The molecular formula is C14H21NOS. The molecule has 1 atom stereocenters. The summed E-state index contributed by atoms with van der Waals surface area (Å²) in [5.74, 6) is 3.56. The minimum absolute atomic E-state index is 0.724. The normalized spacial score (nSPS) is 19.6. The average molecular weight is 251 g/mol. The van der Waals surface area contributed by atoms with E-state index in [-0.39, 0.29) is 0 Å². The number of thioether (sulfide) groups is 1. The molecule has 0 aromatic heterocycles. The van der Waals surface area contributed by atoms with Crippen LogP contribution < -0.4 is 5.32 Å². The van der Waals surface area contributed by atoms with E-state index in [0.717, 1.165) is 32.2 Å². The molecule has 94 valence electrons. The van der Waals surface area contributed by atoms with Crippen LogP contribution >= 0.6 is 11.8 Å². The van der Waals surface area contributed by atoms with Gasteiger partial charge < -0.3 is 10.1 Å². The van der Waals surface area contributed by atoms with E-state index in [4.69, 9.17) is 4.74 Å².